The number of methoxy groups -OCH3 is 1. The molecule has 0 atom stereocenters. The number of carbonyl (C=O) groups excluding carboxylic acids is 1. The molecule has 7 heteroatoms. The summed E-state index contributed by atoms with van der Waals surface area (Å²) in [6, 6.07) is 11.9. The van der Waals surface area contributed by atoms with E-state index in [1.54, 1.807) is 71.2 Å². The minimum absolute atomic E-state index is 0.0698. The van der Waals surface area contributed by atoms with Crippen molar-refractivity contribution in [2.45, 2.75) is 33.3 Å². The lowest BCUT2D eigenvalue weighted by molar-refractivity contribution is -0.384. The Morgan fingerprint density at radius 2 is 1.82 bits per heavy atom. The summed E-state index contributed by atoms with van der Waals surface area (Å²) in [5.41, 5.74) is 1.30. The number of rotatable bonds is 3. The van der Waals surface area contributed by atoms with Gasteiger partial charge in [-0.05, 0) is 63.6 Å². The first kappa shape index (κ1) is 19.4. The SMILES string of the molecule is COc1ccc2c(c1)cc(-c1ccc(C)cc1[N+](=O)[O-])n2C(=O)OC(C)(C)C. The molecular weight excluding hydrogens is 360 g/mol. The number of carbonyl (C=O) groups is 1. The van der Waals surface area contributed by atoms with Gasteiger partial charge in [-0.1, -0.05) is 6.07 Å². The number of aromatic nitrogens is 1. The van der Waals surface area contributed by atoms with E-state index in [0.29, 0.717) is 22.5 Å². The molecule has 7 nitrogen and oxygen atoms in total. The Hall–Kier alpha value is -3.35. The first-order valence-electron chi connectivity index (χ1n) is 8.79. The second kappa shape index (κ2) is 6.99. The molecule has 0 aliphatic heterocycles. The maximum atomic E-state index is 13.0. The highest BCUT2D eigenvalue weighted by Gasteiger charge is 2.26. The van der Waals surface area contributed by atoms with Gasteiger partial charge >= 0.3 is 6.09 Å². The fourth-order valence-corrected chi connectivity index (χ4v) is 3.03. The second-order valence-electron chi connectivity index (χ2n) is 7.55. The lowest BCUT2D eigenvalue weighted by Gasteiger charge is -2.21. The smallest absolute Gasteiger partial charge is 0.419 e. The van der Waals surface area contributed by atoms with E-state index in [-0.39, 0.29) is 5.69 Å². The number of benzene rings is 2. The fraction of sp³-hybridized carbons (Fsp3) is 0.286. The third kappa shape index (κ3) is 3.69. The van der Waals surface area contributed by atoms with Crippen molar-refractivity contribution in [3.8, 4) is 17.0 Å². The molecule has 0 saturated heterocycles. The van der Waals surface area contributed by atoms with E-state index in [1.165, 1.54) is 10.6 Å². The van der Waals surface area contributed by atoms with Crippen molar-refractivity contribution >= 4 is 22.7 Å². The average molecular weight is 382 g/mol. The van der Waals surface area contributed by atoms with Gasteiger partial charge in [0.05, 0.1) is 28.8 Å². The molecule has 0 saturated carbocycles. The topological polar surface area (TPSA) is 83.6 Å². The maximum absolute atomic E-state index is 13.0. The molecule has 28 heavy (non-hydrogen) atoms. The van der Waals surface area contributed by atoms with E-state index >= 15 is 0 Å². The summed E-state index contributed by atoms with van der Waals surface area (Å²) < 4.78 is 12.2. The Bertz CT molecular complexity index is 1080. The molecule has 0 N–H and O–H groups in total. The minimum Gasteiger partial charge on any atom is -0.497 e. The van der Waals surface area contributed by atoms with E-state index in [4.69, 9.17) is 9.47 Å². The van der Waals surface area contributed by atoms with Crippen LogP contribution in [0.25, 0.3) is 22.2 Å². The summed E-state index contributed by atoms with van der Waals surface area (Å²) in [4.78, 5) is 24.2. The predicted octanol–water partition coefficient (Wildman–Crippen LogP) is 5.32. The molecule has 0 aliphatic carbocycles. The Kier molecular flexibility index (Phi) is 4.85. The Morgan fingerprint density at radius 3 is 2.43 bits per heavy atom. The fourth-order valence-electron chi connectivity index (χ4n) is 3.03. The molecule has 1 heterocycles. The van der Waals surface area contributed by atoms with Crippen LogP contribution in [0.3, 0.4) is 0 Å². The van der Waals surface area contributed by atoms with Gasteiger partial charge < -0.3 is 9.47 Å². The zero-order valence-corrected chi connectivity index (χ0v) is 16.5. The van der Waals surface area contributed by atoms with Crippen molar-refractivity contribution in [3.05, 3.63) is 58.1 Å². The van der Waals surface area contributed by atoms with Crippen molar-refractivity contribution in [2.24, 2.45) is 0 Å². The summed E-state index contributed by atoms with van der Waals surface area (Å²) in [5, 5.41) is 12.4. The number of aryl methyl sites for hydroxylation is 1. The molecule has 0 unspecified atom stereocenters. The van der Waals surface area contributed by atoms with Crippen molar-refractivity contribution in [1.29, 1.82) is 0 Å². The van der Waals surface area contributed by atoms with Crippen LogP contribution >= 0.6 is 0 Å². The second-order valence-corrected chi connectivity index (χ2v) is 7.55. The van der Waals surface area contributed by atoms with Crippen LogP contribution < -0.4 is 4.74 Å². The summed E-state index contributed by atoms with van der Waals surface area (Å²) in [6.45, 7) is 7.10. The number of ether oxygens (including phenoxy) is 2. The van der Waals surface area contributed by atoms with Crippen molar-refractivity contribution in [1.82, 2.24) is 4.57 Å². The Morgan fingerprint density at radius 1 is 1.11 bits per heavy atom. The number of hydrogen-bond acceptors (Lipinski definition) is 5. The zero-order chi connectivity index (χ0) is 20.6. The monoisotopic (exact) mass is 382 g/mol. The number of nitro groups is 1. The molecule has 146 valence electrons. The van der Waals surface area contributed by atoms with Gasteiger partial charge in [0.25, 0.3) is 5.69 Å². The number of hydrogen-bond donors (Lipinski definition) is 0. The van der Waals surface area contributed by atoms with E-state index in [2.05, 4.69) is 0 Å². The van der Waals surface area contributed by atoms with Gasteiger partial charge in [-0.25, -0.2) is 9.36 Å². The van der Waals surface area contributed by atoms with Gasteiger partial charge in [0.2, 0.25) is 0 Å². The van der Waals surface area contributed by atoms with Crippen LogP contribution in [0.15, 0.2) is 42.5 Å². The number of fused-ring (bicyclic) bond motifs is 1. The first-order chi connectivity index (χ1) is 13.1. The average Bonchev–Trinajstić information content (AvgIpc) is 2.98. The van der Waals surface area contributed by atoms with Crippen molar-refractivity contribution in [2.75, 3.05) is 7.11 Å². The molecule has 3 rings (SSSR count). The largest absolute Gasteiger partial charge is 0.497 e. The summed E-state index contributed by atoms with van der Waals surface area (Å²) in [6.07, 6.45) is -0.600. The maximum Gasteiger partial charge on any atom is 0.419 e. The van der Waals surface area contributed by atoms with Gasteiger partial charge in [0.15, 0.2) is 0 Å². The van der Waals surface area contributed by atoms with Crippen molar-refractivity contribution in [3.63, 3.8) is 0 Å². The molecule has 0 bridgehead atoms. The lowest BCUT2D eigenvalue weighted by Crippen LogP contribution is -2.27. The third-order valence-electron chi connectivity index (χ3n) is 4.21. The van der Waals surface area contributed by atoms with Gasteiger partial charge in [0, 0.05) is 11.5 Å². The Labute approximate surface area is 162 Å². The standard InChI is InChI=1S/C21H22N2O5/c1-13-6-8-16(19(10-13)23(25)26)18-12-14-11-15(27-5)7-9-17(14)22(18)20(24)28-21(2,3)4/h6-12H,1-5H3. The van der Waals surface area contributed by atoms with Crippen LogP contribution in [0.5, 0.6) is 5.75 Å². The summed E-state index contributed by atoms with van der Waals surface area (Å²) >= 11 is 0. The van der Waals surface area contributed by atoms with Crippen LogP contribution in [-0.2, 0) is 4.74 Å². The van der Waals surface area contributed by atoms with Crippen LogP contribution in [0, 0.1) is 17.0 Å². The van der Waals surface area contributed by atoms with Crippen molar-refractivity contribution < 1.29 is 19.2 Å². The molecule has 2 aromatic carbocycles. The predicted molar refractivity (Wildman–Crippen MR) is 107 cm³/mol. The van der Waals surface area contributed by atoms with Crippen LogP contribution in [0.4, 0.5) is 10.5 Å². The zero-order valence-electron chi connectivity index (χ0n) is 16.5. The molecule has 0 radical (unpaired) electrons. The van der Waals surface area contributed by atoms with Crippen LogP contribution in [0.2, 0.25) is 0 Å². The number of nitro benzene ring substituents is 1. The quantitative estimate of drug-likeness (QED) is 0.452. The highest BCUT2D eigenvalue weighted by molar-refractivity contribution is 5.98. The minimum atomic E-state index is -0.712. The normalized spacial score (nSPS) is 11.5. The summed E-state index contributed by atoms with van der Waals surface area (Å²) in [7, 11) is 1.55. The van der Waals surface area contributed by atoms with Crippen LogP contribution in [-0.4, -0.2) is 28.3 Å². The van der Waals surface area contributed by atoms with Crippen LogP contribution in [0.1, 0.15) is 26.3 Å². The van der Waals surface area contributed by atoms with Gasteiger partial charge in [-0.15, -0.1) is 0 Å². The summed E-state index contributed by atoms with van der Waals surface area (Å²) in [5.74, 6) is 0.624. The highest BCUT2D eigenvalue weighted by Crippen LogP contribution is 2.36. The lowest BCUT2D eigenvalue weighted by atomic mass is 10.1. The molecule has 0 aliphatic rings. The molecule has 0 fully saturated rings. The molecule has 0 spiro atoms. The van der Waals surface area contributed by atoms with E-state index in [1.807, 2.05) is 0 Å². The van der Waals surface area contributed by atoms with E-state index in [0.717, 1.165) is 10.9 Å². The first-order valence-corrected chi connectivity index (χ1v) is 8.79. The molecule has 0 amide bonds. The van der Waals surface area contributed by atoms with Gasteiger partial charge in [0.1, 0.15) is 11.4 Å². The van der Waals surface area contributed by atoms with E-state index in [9.17, 15) is 14.9 Å². The Balaban J connectivity index is 2.31. The molecular formula is C21H22N2O5. The van der Waals surface area contributed by atoms with E-state index < -0.39 is 16.6 Å². The third-order valence-corrected chi connectivity index (χ3v) is 4.21. The molecule has 3 aromatic rings. The number of nitrogens with zero attached hydrogens (tertiary/aromatic N) is 2. The highest BCUT2D eigenvalue weighted by atomic mass is 16.6. The van der Waals surface area contributed by atoms with Gasteiger partial charge in [-0.2, -0.15) is 0 Å². The van der Waals surface area contributed by atoms with Gasteiger partial charge in [-0.3, -0.25) is 10.1 Å². The molecule has 1 aromatic heterocycles.